The molecule has 8 atom stereocenters. The van der Waals surface area contributed by atoms with Gasteiger partial charge in [0.1, 0.15) is 36.6 Å². The van der Waals surface area contributed by atoms with Crippen molar-refractivity contribution < 1.29 is 60.5 Å². The Morgan fingerprint density at radius 3 is 1.62 bits per heavy atom. The fourth-order valence-electron chi connectivity index (χ4n) is 3.33. The minimum atomic E-state index is -1.85. The Labute approximate surface area is 214 Å². The van der Waals surface area contributed by atoms with E-state index in [0.29, 0.717) is 13.2 Å². The largest absolute Gasteiger partial charge is 0.394 e. The van der Waals surface area contributed by atoms with Crippen molar-refractivity contribution in [2.75, 3.05) is 59.3 Å². The monoisotopic (exact) mass is 542 g/mol. The van der Waals surface area contributed by atoms with E-state index < -0.39 is 62.0 Å². The summed E-state index contributed by atoms with van der Waals surface area (Å²) in [6.07, 6.45) is -12.5. The Morgan fingerprint density at radius 2 is 1.19 bits per heavy atom. The maximum absolute atomic E-state index is 10.3. The van der Waals surface area contributed by atoms with Crippen LogP contribution in [0.3, 0.4) is 0 Å². The second kappa shape index (κ2) is 18.0. The molecule has 0 radical (unpaired) electrons. The number of nitrogens with zero attached hydrogens (tertiary/aromatic N) is 4. The lowest BCUT2D eigenvalue weighted by molar-refractivity contribution is -0.131. The minimum Gasteiger partial charge on any atom is -0.394 e. The first-order chi connectivity index (χ1) is 17.5. The summed E-state index contributed by atoms with van der Waals surface area (Å²) in [4.78, 5) is 1.35. The Kier molecular flexibility index (Phi) is 16.4. The summed E-state index contributed by atoms with van der Waals surface area (Å²) < 4.78 is 12.6. The highest BCUT2D eigenvalue weighted by Crippen LogP contribution is 2.10. The second-order valence-electron chi connectivity index (χ2n) is 8.68. The van der Waals surface area contributed by atoms with Gasteiger partial charge < -0.3 is 60.5 Å². The summed E-state index contributed by atoms with van der Waals surface area (Å²) in [5.41, 5.74) is 0.899. The molecule has 1 heterocycles. The fraction of sp³-hybridized carbons (Fsp3) is 0.905. The van der Waals surface area contributed by atoms with Gasteiger partial charge in [-0.25, -0.2) is 4.68 Å². The number of hydrogen-bond donors (Lipinski definition) is 10. The van der Waals surface area contributed by atoms with Gasteiger partial charge in [0.2, 0.25) is 0 Å². The predicted molar refractivity (Wildman–Crippen MR) is 125 cm³/mol. The summed E-state index contributed by atoms with van der Waals surface area (Å²) in [6.45, 7) is 0.959. The molecule has 0 fully saturated rings. The summed E-state index contributed by atoms with van der Waals surface area (Å²) >= 11 is 0. The third-order valence-corrected chi connectivity index (χ3v) is 5.72. The zero-order valence-corrected chi connectivity index (χ0v) is 20.8. The standard InChI is InChI=1S/C21H42N4O12/c1-13-8-22-23-25(13)3-5-37-7-6-36-4-2-24(9-14(28)18(32)20(34)16(30)11-26)10-15(29)19(33)21(35)17(31)12-27/h8,14-21,26-35H,2-7,9-12H2,1H3/t14-,15-,16+,17+,18+,19+,20+,21+/m0/s1. The first-order valence-electron chi connectivity index (χ1n) is 11.9. The van der Waals surface area contributed by atoms with E-state index >= 15 is 0 Å². The van der Waals surface area contributed by atoms with Crippen LogP contribution in [0.15, 0.2) is 6.20 Å². The fourth-order valence-corrected chi connectivity index (χ4v) is 3.33. The molecule has 0 bridgehead atoms. The van der Waals surface area contributed by atoms with Gasteiger partial charge in [-0.05, 0) is 6.92 Å². The highest BCUT2D eigenvalue weighted by molar-refractivity contribution is 4.88. The molecule has 0 saturated carbocycles. The summed E-state index contributed by atoms with van der Waals surface area (Å²) in [7, 11) is 0. The van der Waals surface area contributed by atoms with E-state index in [2.05, 4.69) is 10.3 Å². The molecule has 1 rings (SSSR count). The van der Waals surface area contributed by atoms with Crippen LogP contribution in [0.1, 0.15) is 5.69 Å². The van der Waals surface area contributed by atoms with Gasteiger partial charge in [-0.2, -0.15) is 0 Å². The van der Waals surface area contributed by atoms with E-state index in [1.54, 1.807) is 10.9 Å². The molecule has 0 aromatic carbocycles. The third kappa shape index (κ3) is 11.9. The number of aliphatic hydroxyl groups is 10. The maximum atomic E-state index is 10.3. The smallest absolute Gasteiger partial charge is 0.111 e. The van der Waals surface area contributed by atoms with Crippen molar-refractivity contribution in [3.05, 3.63) is 11.9 Å². The van der Waals surface area contributed by atoms with Gasteiger partial charge in [-0.3, -0.25) is 4.90 Å². The van der Waals surface area contributed by atoms with Gasteiger partial charge in [0.05, 0.1) is 70.3 Å². The van der Waals surface area contributed by atoms with Crippen molar-refractivity contribution in [3.8, 4) is 0 Å². The van der Waals surface area contributed by atoms with Gasteiger partial charge in [0.25, 0.3) is 0 Å². The van der Waals surface area contributed by atoms with E-state index in [1.165, 1.54) is 4.90 Å². The van der Waals surface area contributed by atoms with Crippen LogP contribution < -0.4 is 0 Å². The van der Waals surface area contributed by atoms with E-state index in [1.807, 2.05) is 6.92 Å². The average molecular weight is 543 g/mol. The maximum Gasteiger partial charge on any atom is 0.111 e. The highest BCUT2D eigenvalue weighted by atomic mass is 16.5. The van der Waals surface area contributed by atoms with Crippen LogP contribution in [-0.2, 0) is 16.0 Å². The minimum absolute atomic E-state index is 0.0585. The Hall–Kier alpha value is -1.38. The van der Waals surface area contributed by atoms with Crippen LogP contribution in [0.2, 0.25) is 0 Å². The molecule has 10 N–H and O–H groups in total. The van der Waals surface area contributed by atoms with E-state index in [9.17, 15) is 40.9 Å². The quantitative estimate of drug-likeness (QED) is 0.0648. The van der Waals surface area contributed by atoms with E-state index in [4.69, 9.17) is 19.7 Å². The van der Waals surface area contributed by atoms with Crippen LogP contribution in [-0.4, -0.2) is 179 Å². The molecular formula is C21H42N4O12. The Morgan fingerprint density at radius 1 is 0.730 bits per heavy atom. The Bertz CT molecular complexity index is 687. The zero-order valence-electron chi connectivity index (χ0n) is 20.8. The molecule has 1 aromatic rings. The van der Waals surface area contributed by atoms with Crippen molar-refractivity contribution in [1.29, 1.82) is 0 Å². The number of hydrogen-bond acceptors (Lipinski definition) is 15. The van der Waals surface area contributed by atoms with E-state index in [0.717, 1.165) is 5.69 Å². The lowest BCUT2D eigenvalue weighted by atomic mass is 10.0. The van der Waals surface area contributed by atoms with E-state index in [-0.39, 0.29) is 39.5 Å². The predicted octanol–water partition coefficient (Wildman–Crippen LogP) is -6.21. The van der Waals surface area contributed by atoms with Crippen molar-refractivity contribution in [2.24, 2.45) is 0 Å². The van der Waals surface area contributed by atoms with Crippen LogP contribution in [0.4, 0.5) is 0 Å². The summed E-state index contributed by atoms with van der Waals surface area (Å²) in [5, 5.41) is 105. The molecule has 218 valence electrons. The first-order valence-corrected chi connectivity index (χ1v) is 11.9. The lowest BCUT2D eigenvalue weighted by Crippen LogP contribution is -2.53. The molecule has 1 aromatic heterocycles. The molecule has 0 aliphatic carbocycles. The highest BCUT2D eigenvalue weighted by Gasteiger charge is 2.34. The van der Waals surface area contributed by atoms with Gasteiger partial charge in [0, 0.05) is 19.6 Å². The molecule has 16 nitrogen and oxygen atoms in total. The molecule has 16 heteroatoms. The molecular weight excluding hydrogens is 500 g/mol. The van der Waals surface area contributed by atoms with Crippen LogP contribution in [0.25, 0.3) is 0 Å². The number of ether oxygens (including phenoxy) is 2. The lowest BCUT2D eigenvalue weighted by Gasteiger charge is -2.33. The molecule has 0 aliphatic heterocycles. The molecule has 0 spiro atoms. The molecule has 0 unspecified atom stereocenters. The van der Waals surface area contributed by atoms with Crippen molar-refractivity contribution in [2.45, 2.75) is 62.3 Å². The SMILES string of the molecule is Cc1cnnn1CCOCCOCCN(C[C@H](O)[C@@H](O)[C@H](O)[C@H](O)CO)C[C@H](O)[C@@H](O)[C@H](O)[C@H](O)CO. The summed E-state index contributed by atoms with van der Waals surface area (Å²) in [5.74, 6) is 0. The Balaban J connectivity index is 2.57. The van der Waals surface area contributed by atoms with Gasteiger partial charge in [-0.1, -0.05) is 5.21 Å². The molecule has 0 aliphatic rings. The van der Waals surface area contributed by atoms with Gasteiger partial charge >= 0.3 is 0 Å². The molecule has 0 amide bonds. The first kappa shape index (κ1) is 33.6. The van der Waals surface area contributed by atoms with Crippen molar-refractivity contribution in [1.82, 2.24) is 19.9 Å². The third-order valence-electron chi connectivity index (χ3n) is 5.72. The van der Waals surface area contributed by atoms with Gasteiger partial charge in [-0.15, -0.1) is 5.10 Å². The summed E-state index contributed by atoms with van der Waals surface area (Å²) in [6, 6.07) is 0. The second-order valence-corrected chi connectivity index (χ2v) is 8.68. The van der Waals surface area contributed by atoms with Crippen molar-refractivity contribution in [3.63, 3.8) is 0 Å². The number of aromatic nitrogens is 3. The normalized spacial score (nSPS) is 18.8. The average Bonchev–Trinajstić information content (AvgIpc) is 3.31. The van der Waals surface area contributed by atoms with Crippen molar-refractivity contribution >= 4 is 0 Å². The number of aliphatic hydroxyl groups excluding tert-OH is 10. The molecule has 37 heavy (non-hydrogen) atoms. The number of aryl methyl sites for hydroxylation is 1. The molecule has 0 saturated heterocycles. The van der Waals surface area contributed by atoms with Crippen LogP contribution in [0, 0.1) is 6.92 Å². The van der Waals surface area contributed by atoms with Crippen LogP contribution in [0.5, 0.6) is 0 Å². The number of rotatable bonds is 21. The van der Waals surface area contributed by atoms with Gasteiger partial charge in [0.15, 0.2) is 0 Å². The zero-order chi connectivity index (χ0) is 28.0. The topological polar surface area (TPSA) is 255 Å². The van der Waals surface area contributed by atoms with Crippen LogP contribution >= 0.6 is 0 Å².